The van der Waals surface area contributed by atoms with Crippen molar-refractivity contribution in [2.45, 2.75) is 13.0 Å². The van der Waals surface area contributed by atoms with Gasteiger partial charge in [0, 0.05) is 0 Å². The van der Waals surface area contributed by atoms with Crippen LogP contribution in [0.5, 0.6) is 0 Å². The molecule has 1 heterocycles. The molecule has 5 heteroatoms. The molecule has 5 nitrogen and oxygen atoms in total. The molecule has 0 aliphatic rings. The van der Waals surface area contributed by atoms with Crippen molar-refractivity contribution in [3.63, 3.8) is 0 Å². The average Bonchev–Trinajstić information content (AvgIpc) is 2.26. The minimum absolute atomic E-state index is 0.125. The fourth-order valence-corrected chi connectivity index (χ4v) is 0.781. The Morgan fingerprint density at radius 3 is 2.73 bits per heavy atom. The molecule has 1 N–H and O–H groups in total. The summed E-state index contributed by atoms with van der Waals surface area (Å²) in [5, 5.41) is 8.90. The zero-order valence-corrected chi connectivity index (χ0v) is 8.39. The molecule has 1 atom stereocenters. The Morgan fingerprint density at radius 1 is 1.53 bits per heavy atom. The summed E-state index contributed by atoms with van der Waals surface area (Å²) in [5.74, 6) is 4.57. The van der Waals surface area contributed by atoms with Gasteiger partial charge in [-0.15, -0.1) is 0 Å². The van der Waals surface area contributed by atoms with E-state index in [1.165, 1.54) is 19.5 Å². The number of ether oxygens (including phenoxy) is 1. The molecule has 0 aromatic carbocycles. The molecule has 0 bridgehead atoms. The van der Waals surface area contributed by atoms with E-state index in [-0.39, 0.29) is 5.69 Å². The first-order valence-corrected chi connectivity index (χ1v) is 4.23. The largest absolute Gasteiger partial charge is 0.464 e. The van der Waals surface area contributed by atoms with Crippen LogP contribution in [0.2, 0.25) is 0 Å². The van der Waals surface area contributed by atoms with E-state index in [4.69, 9.17) is 5.11 Å². The van der Waals surface area contributed by atoms with Gasteiger partial charge in [-0.25, -0.2) is 14.8 Å². The highest BCUT2D eigenvalue weighted by Crippen LogP contribution is 1.96. The summed E-state index contributed by atoms with van der Waals surface area (Å²) in [7, 11) is 1.27. The molecular weight excluding hydrogens is 196 g/mol. The van der Waals surface area contributed by atoms with E-state index in [1.54, 1.807) is 6.92 Å². The topological polar surface area (TPSA) is 72.3 Å². The highest BCUT2D eigenvalue weighted by molar-refractivity contribution is 5.86. The first kappa shape index (κ1) is 11.1. The second-order valence-electron chi connectivity index (χ2n) is 2.72. The van der Waals surface area contributed by atoms with E-state index in [0.29, 0.717) is 5.69 Å². The smallest absolute Gasteiger partial charge is 0.358 e. The molecular formula is C10H10N2O3. The van der Waals surface area contributed by atoms with Gasteiger partial charge in [-0.3, -0.25) is 0 Å². The molecule has 0 fully saturated rings. The van der Waals surface area contributed by atoms with Crippen molar-refractivity contribution in [1.82, 2.24) is 9.97 Å². The molecule has 0 saturated heterocycles. The number of aromatic nitrogens is 2. The van der Waals surface area contributed by atoms with E-state index < -0.39 is 12.1 Å². The molecule has 0 aliphatic carbocycles. The Morgan fingerprint density at radius 2 is 2.27 bits per heavy atom. The van der Waals surface area contributed by atoms with Gasteiger partial charge < -0.3 is 9.84 Å². The van der Waals surface area contributed by atoms with Crippen molar-refractivity contribution < 1.29 is 14.6 Å². The third-order valence-electron chi connectivity index (χ3n) is 1.46. The van der Waals surface area contributed by atoms with Crippen molar-refractivity contribution in [2.24, 2.45) is 0 Å². The van der Waals surface area contributed by atoms with Crippen LogP contribution in [-0.2, 0) is 4.74 Å². The molecule has 0 unspecified atom stereocenters. The van der Waals surface area contributed by atoms with Gasteiger partial charge in [0.25, 0.3) is 0 Å². The maximum Gasteiger partial charge on any atom is 0.358 e. The average molecular weight is 206 g/mol. The lowest BCUT2D eigenvalue weighted by atomic mass is 10.3. The van der Waals surface area contributed by atoms with Crippen LogP contribution in [0.15, 0.2) is 12.4 Å². The Kier molecular flexibility index (Phi) is 3.77. The van der Waals surface area contributed by atoms with E-state index in [2.05, 4.69) is 26.5 Å². The highest BCUT2D eigenvalue weighted by Gasteiger charge is 2.06. The van der Waals surface area contributed by atoms with Crippen molar-refractivity contribution in [3.8, 4) is 11.8 Å². The van der Waals surface area contributed by atoms with Crippen LogP contribution < -0.4 is 0 Å². The summed E-state index contributed by atoms with van der Waals surface area (Å²) in [6, 6.07) is 0. The van der Waals surface area contributed by atoms with Gasteiger partial charge in [0.1, 0.15) is 11.8 Å². The van der Waals surface area contributed by atoms with E-state index in [9.17, 15) is 4.79 Å². The number of aliphatic hydroxyl groups excluding tert-OH is 1. The van der Waals surface area contributed by atoms with Gasteiger partial charge in [0.15, 0.2) is 5.69 Å². The number of esters is 1. The molecule has 1 aromatic rings. The van der Waals surface area contributed by atoms with Crippen molar-refractivity contribution in [1.29, 1.82) is 0 Å². The Hall–Kier alpha value is -1.93. The summed E-state index contributed by atoms with van der Waals surface area (Å²) in [5.41, 5.74) is 0.517. The SMILES string of the molecule is COC(=O)c1cnc(C#C[C@@H](C)O)cn1. The second-order valence-corrected chi connectivity index (χ2v) is 2.72. The molecule has 15 heavy (non-hydrogen) atoms. The molecule has 1 aromatic heterocycles. The van der Waals surface area contributed by atoms with E-state index >= 15 is 0 Å². The van der Waals surface area contributed by atoms with Crippen molar-refractivity contribution >= 4 is 5.97 Å². The molecule has 0 radical (unpaired) electrons. The number of hydrogen-bond acceptors (Lipinski definition) is 5. The minimum atomic E-state index is -0.716. The quantitative estimate of drug-likeness (QED) is 0.517. The van der Waals surface area contributed by atoms with Gasteiger partial charge in [0.2, 0.25) is 0 Å². The Bertz CT molecular complexity index is 401. The fraction of sp³-hybridized carbons (Fsp3) is 0.300. The lowest BCUT2D eigenvalue weighted by molar-refractivity contribution is 0.0593. The molecule has 0 saturated carbocycles. The second kappa shape index (κ2) is 5.08. The number of hydrogen-bond donors (Lipinski definition) is 1. The maximum atomic E-state index is 11.0. The van der Waals surface area contributed by atoms with Crippen molar-refractivity contribution in [2.75, 3.05) is 7.11 Å². The van der Waals surface area contributed by atoms with Gasteiger partial charge in [-0.1, -0.05) is 5.92 Å². The first-order chi connectivity index (χ1) is 7.13. The normalized spacial score (nSPS) is 11.1. The standard InChI is InChI=1S/C10H10N2O3/c1-7(13)3-4-8-5-12-9(6-11-8)10(14)15-2/h5-7,13H,1-2H3/t7-/m1/s1. The van der Waals surface area contributed by atoms with Crippen LogP contribution in [0.4, 0.5) is 0 Å². The summed E-state index contributed by atoms with van der Waals surface area (Å²) in [4.78, 5) is 18.7. The highest BCUT2D eigenvalue weighted by atomic mass is 16.5. The van der Waals surface area contributed by atoms with Gasteiger partial charge in [-0.05, 0) is 12.8 Å². The summed E-state index contributed by atoms with van der Waals surface area (Å²) >= 11 is 0. The molecule has 0 aliphatic heterocycles. The summed E-state index contributed by atoms with van der Waals surface area (Å²) in [6.07, 6.45) is 1.91. The number of carbonyl (C=O) groups excluding carboxylic acids is 1. The van der Waals surface area contributed by atoms with Crippen LogP contribution in [-0.4, -0.2) is 34.3 Å². The van der Waals surface area contributed by atoms with E-state index in [0.717, 1.165) is 0 Å². The van der Waals surface area contributed by atoms with Gasteiger partial charge >= 0.3 is 5.97 Å². The lowest BCUT2D eigenvalue weighted by Gasteiger charge is -1.96. The summed E-state index contributed by atoms with van der Waals surface area (Å²) in [6.45, 7) is 1.54. The number of methoxy groups -OCH3 is 1. The third kappa shape index (κ3) is 3.37. The monoisotopic (exact) mass is 206 g/mol. The van der Waals surface area contributed by atoms with Crippen LogP contribution in [0.25, 0.3) is 0 Å². The predicted octanol–water partition coefficient (Wildman–Crippen LogP) is -0.00450. The fourth-order valence-electron chi connectivity index (χ4n) is 0.781. The molecule has 0 spiro atoms. The Balaban J connectivity index is 2.83. The van der Waals surface area contributed by atoms with Crippen LogP contribution >= 0.6 is 0 Å². The maximum absolute atomic E-state index is 11.0. The predicted molar refractivity (Wildman–Crippen MR) is 51.9 cm³/mol. The van der Waals surface area contributed by atoms with Crippen LogP contribution in [0, 0.1) is 11.8 Å². The van der Waals surface area contributed by atoms with Gasteiger partial charge in [-0.2, -0.15) is 0 Å². The number of rotatable bonds is 1. The molecule has 78 valence electrons. The molecule has 0 amide bonds. The zero-order valence-electron chi connectivity index (χ0n) is 8.39. The third-order valence-corrected chi connectivity index (χ3v) is 1.46. The number of nitrogens with zero attached hydrogens (tertiary/aromatic N) is 2. The molecule has 1 rings (SSSR count). The van der Waals surface area contributed by atoms with Gasteiger partial charge in [0.05, 0.1) is 19.5 Å². The minimum Gasteiger partial charge on any atom is -0.464 e. The van der Waals surface area contributed by atoms with E-state index in [1.807, 2.05) is 0 Å². The number of carbonyl (C=O) groups is 1. The first-order valence-electron chi connectivity index (χ1n) is 4.23. The lowest BCUT2D eigenvalue weighted by Crippen LogP contribution is -2.05. The summed E-state index contributed by atoms with van der Waals surface area (Å²) < 4.78 is 4.46. The Labute approximate surface area is 87.1 Å². The van der Waals surface area contributed by atoms with Crippen LogP contribution in [0.3, 0.4) is 0 Å². The van der Waals surface area contributed by atoms with Crippen LogP contribution in [0.1, 0.15) is 23.1 Å². The zero-order chi connectivity index (χ0) is 11.3. The number of aliphatic hydroxyl groups is 1. The van der Waals surface area contributed by atoms with Crippen molar-refractivity contribution in [3.05, 3.63) is 23.8 Å².